The first-order valence-corrected chi connectivity index (χ1v) is 9.90. The number of halogens is 28. The van der Waals surface area contributed by atoms with Crippen molar-refractivity contribution >= 4 is 11.9 Å². The van der Waals surface area contributed by atoms with E-state index in [-0.39, 0.29) is 0 Å². The molecule has 0 aliphatic rings. The lowest BCUT2D eigenvalue weighted by molar-refractivity contribution is -0.471. The summed E-state index contributed by atoms with van der Waals surface area (Å²) in [6.45, 7) is 0. The molecule has 0 amide bonds. The van der Waals surface area contributed by atoms with E-state index in [0.717, 1.165) is 0 Å². The first kappa shape index (κ1) is 45.0. The third-order valence-corrected chi connectivity index (χ3v) is 5.84. The SMILES string of the molecule is O=C(O)C(C(=O)O)(C(F)(F)C(F)(F)C(F)(F)C(F)(F)C(F)(F)C(F)(F)F)C(F)(F)C(F)(F)C(F)(F)C(F)(F)C(F)(F)C(F)(F)C(F)(F)F. The summed E-state index contributed by atoms with van der Waals surface area (Å²) in [5.74, 6) is -117. The molecule has 0 bridgehead atoms. The minimum atomic E-state index is -9.96. The molecule has 0 unspecified atom stereocenters. The summed E-state index contributed by atoms with van der Waals surface area (Å²) in [5.41, 5.74) is -9.14. The fraction of sp³-hybridized carbons (Fsp3) is 0.875. The maximum atomic E-state index is 14.5. The summed E-state index contributed by atoms with van der Waals surface area (Å²) >= 11 is 0. The molecule has 0 saturated carbocycles. The van der Waals surface area contributed by atoms with Gasteiger partial charge >= 0.3 is 94.9 Å². The van der Waals surface area contributed by atoms with Crippen molar-refractivity contribution in [1.29, 1.82) is 0 Å². The molecule has 32 heteroatoms. The maximum Gasteiger partial charge on any atom is 0.460 e. The zero-order chi connectivity index (χ0) is 40.2. The minimum Gasteiger partial charge on any atom is -0.480 e. The first-order chi connectivity index (χ1) is 20.1. The molecule has 0 radical (unpaired) electrons. The number of alkyl halides is 28. The lowest BCUT2D eigenvalue weighted by Gasteiger charge is -2.48. The van der Waals surface area contributed by atoms with Gasteiger partial charge < -0.3 is 10.2 Å². The standard InChI is InChI=1S/C16H2F28O4/c17-4(18,6(21,22)8(25,26)10(29,30)12(33,34)14(37,38)16(42,43)44)3(1(45)46,2(47)48)5(19,20)7(23,24)9(27,28)11(31,32)13(35,36)15(39,40)41/h(H,45,46)(H,47,48). The molecule has 0 aliphatic heterocycles. The molecule has 0 aliphatic carbocycles. The molecular weight excluding hydrogens is 788 g/mol. The molecule has 48 heavy (non-hydrogen) atoms. The van der Waals surface area contributed by atoms with Crippen LogP contribution in [-0.4, -0.2) is 99.7 Å². The van der Waals surface area contributed by atoms with E-state index in [4.69, 9.17) is 10.2 Å². The molecule has 0 rings (SSSR count). The molecule has 0 saturated heterocycles. The second kappa shape index (κ2) is 10.7. The smallest absolute Gasteiger partial charge is 0.460 e. The molecule has 0 aromatic rings. The highest BCUT2D eigenvalue weighted by molar-refractivity contribution is 6.01. The monoisotopic (exact) mass is 790 g/mol. The van der Waals surface area contributed by atoms with Crippen LogP contribution in [0.3, 0.4) is 0 Å². The molecule has 0 aromatic carbocycles. The Bertz CT molecular complexity index is 1240. The largest absolute Gasteiger partial charge is 0.480 e. The molecule has 286 valence electrons. The van der Waals surface area contributed by atoms with E-state index in [1.165, 1.54) is 0 Å². The average molecular weight is 790 g/mol. The summed E-state index contributed by atoms with van der Waals surface area (Å²) in [6.07, 6.45) is -16.7. The van der Waals surface area contributed by atoms with Gasteiger partial charge in [-0.3, -0.25) is 9.59 Å². The predicted molar refractivity (Wildman–Crippen MR) is 84.2 cm³/mol. The Labute approximate surface area is 239 Å². The van der Waals surface area contributed by atoms with Gasteiger partial charge in [-0.2, -0.15) is 123 Å². The van der Waals surface area contributed by atoms with Gasteiger partial charge in [0.25, 0.3) is 0 Å². The van der Waals surface area contributed by atoms with Crippen molar-refractivity contribution < 1.29 is 143 Å². The van der Waals surface area contributed by atoms with Crippen molar-refractivity contribution in [2.24, 2.45) is 5.41 Å². The predicted octanol–water partition coefficient (Wildman–Crippen LogP) is 8.25. The Morgan fingerprint density at radius 2 is 0.375 bits per heavy atom. The molecule has 2 N–H and O–H groups in total. The molecule has 0 atom stereocenters. The van der Waals surface area contributed by atoms with E-state index in [1.807, 2.05) is 0 Å². The molecule has 0 spiro atoms. The van der Waals surface area contributed by atoms with Gasteiger partial charge in [-0.15, -0.1) is 0 Å². The summed E-state index contributed by atoms with van der Waals surface area (Å²) in [6, 6.07) is 0. The second-order valence-corrected chi connectivity index (χ2v) is 8.67. The van der Waals surface area contributed by atoms with E-state index in [1.54, 1.807) is 0 Å². The molecule has 4 nitrogen and oxygen atoms in total. The van der Waals surface area contributed by atoms with Crippen molar-refractivity contribution in [3.05, 3.63) is 0 Å². The molecule has 0 aromatic heterocycles. The highest BCUT2D eigenvalue weighted by Gasteiger charge is 3.02. The summed E-state index contributed by atoms with van der Waals surface area (Å²) in [5, 5.41) is 16.8. The Morgan fingerprint density at radius 1 is 0.250 bits per heavy atom. The van der Waals surface area contributed by atoms with Crippen LogP contribution >= 0.6 is 0 Å². The number of aliphatic carboxylic acids is 2. The van der Waals surface area contributed by atoms with Crippen LogP contribution in [0.2, 0.25) is 0 Å². The van der Waals surface area contributed by atoms with Crippen LogP contribution in [0.5, 0.6) is 0 Å². The normalized spacial score (nSPS) is 16.7. The van der Waals surface area contributed by atoms with Gasteiger partial charge in [0.15, 0.2) is 0 Å². The third-order valence-electron chi connectivity index (χ3n) is 5.84. The topological polar surface area (TPSA) is 74.6 Å². The first-order valence-electron chi connectivity index (χ1n) is 9.90. The highest BCUT2D eigenvalue weighted by Crippen LogP contribution is 2.70. The van der Waals surface area contributed by atoms with Gasteiger partial charge in [0, 0.05) is 0 Å². The summed E-state index contributed by atoms with van der Waals surface area (Å²) in [4.78, 5) is 22.1. The van der Waals surface area contributed by atoms with Crippen molar-refractivity contribution in [3.8, 4) is 0 Å². The summed E-state index contributed by atoms with van der Waals surface area (Å²) in [7, 11) is 0. The van der Waals surface area contributed by atoms with Gasteiger partial charge in [-0.1, -0.05) is 0 Å². The number of rotatable bonds is 13. The van der Waals surface area contributed by atoms with Crippen LogP contribution in [0.4, 0.5) is 123 Å². The quantitative estimate of drug-likeness (QED) is 0.146. The third kappa shape index (κ3) is 4.77. The molecule has 0 fully saturated rings. The Hall–Kier alpha value is -3.02. The lowest BCUT2D eigenvalue weighted by atomic mass is 9.67. The van der Waals surface area contributed by atoms with Crippen LogP contribution in [-0.2, 0) is 9.59 Å². The van der Waals surface area contributed by atoms with Crippen molar-refractivity contribution in [2.75, 3.05) is 0 Å². The number of hydrogen-bond donors (Lipinski definition) is 2. The van der Waals surface area contributed by atoms with Gasteiger partial charge in [0.1, 0.15) is 0 Å². The second-order valence-electron chi connectivity index (χ2n) is 8.67. The summed E-state index contributed by atoms with van der Waals surface area (Å²) < 4.78 is 375. The molecule has 0 heterocycles. The lowest BCUT2D eigenvalue weighted by Crippen LogP contribution is -2.81. The van der Waals surface area contributed by atoms with Gasteiger partial charge in [-0.25, -0.2) is 0 Å². The fourth-order valence-electron chi connectivity index (χ4n) is 3.03. The van der Waals surface area contributed by atoms with Gasteiger partial charge in [-0.05, 0) is 0 Å². The number of carboxylic acids is 2. The van der Waals surface area contributed by atoms with E-state index in [0.29, 0.717) is 0 Å². The Morgan fingerprint density at radius 3 is 0.500 bits per heavy atom. The fourth-order valence-corrected chi connectivity index (χ4v) is 3.03. The van der Waals surface area contributed by atoms with Gasteiger partial charge in [0.2, 0.25) is 0 Å². The maximum absolute atomic E-state index is 14.5. The minimum absolute atomic E-state index is 5.81. The van der Waals surface area contributed by atoms with Crippen LogP contribution in [0.25, 0.3) is 0 Å². The van der Waals surface area contributed by atoms with Crippen LogP contribution in [0.15, 0.2) is 0 Å². The number of carboxylic acid groups (broad SMARTS) is 2. The van der Waals surface area contributed by atoms with E-state index >= 15 is 0 Å². The number of hydrogen-bond acceptors (Lipinski definition) is 2. The van der Waals surface area contributed by atoms with E-state index < -0.39 is 94.9 Å². The Balaban J connectivity index is 8.32. The van der Waals surface area contributed by atoms with Crippen LogP contribution in [0, 0.1) is 5.41 Å². The number of carbonyl (C=O) groups is 2. The highest BCUT2D eigenvalue weighted by atomic mass is 19.4. The van der Waals surface area contributed by atoms with Crippen LogP contribution in [0.1, 0.15) is 0 Å². The Kier molecular flexibility index (Phi) is 10.1. The van der Waals surface area contributed by atoms with Crippen LogP contribution < -0.4 is 0 Å². The van der Waals surface area contributed by atoms with Gasteiger partial charge in [0.05, 0.1) is 0 Å². The zero-order valence-electron chi connectivity index (χ0n) is 20.3. The zero-order valence-corrected chi connectivity index (χ0v) is 20.3. The van der Waals surface area contributed by atoms with Crippen molar-refractivity contribution in [1.82, 2.24) is 0 Å². The average Bonchev–Trinajstić information content (AvgIpc) is 2.80. The van der Waals surface area contributed by atoms with E-state index in [9.17, 15) is 133 Å². The van der Waals surface area contributed by atoms with E-state index in [2.05, 4.69) is 0 Å². The van der Waals surface area contributed by atoms with Crippen molar-refractivity contribution in [3.63, 3.8) is 0 Å². The van der Waals surface area contributed by atoms with Crippen molar-refractivity contribution in [2.45, 2.75) is 77.5 Å². The molecular formula is C16H2F28O4.